The lowest BCUT2D eigenvalue weighted by molar-refractivity contribution is 0.0443. The van der Waals surface area contributed by atoms with Gasteiger partial charge in [0.2, 0.25) is 0 Å². The Bertz CT molecular complexity index is 1640. The number of rotatable bonds is 11. The van der Waals surface area contributed by atoms with Gasteiger partial charge in [0, 0.05) is 62.6 Å². The van der Waals surface area contributed by atoms with Crippen molar-refractivity contribution in [2.24, 2.45) is 0 Å². The van der Waals surface area contributed by atoms with E-state index >= 15 is 4.39 Å². The summed E-state index contributed by atoms with van der Waals surface area (Å²) in [7, 11) is 3.38. The molecule has 2 aromatic carbocycles. The smallest absolute Gasteiger partial charge is 0.318 e. The monoisotopic (exact) mass is 663 g/mol. The van der Waals surface area contributed by atoms with Crippen LogP contribution in [-0.2, 0) is 28.9 Å². The predicted octanol–water partition coefficient (Wildman–Crippen LogP) is 5.25. The lowest BCUT2D eigenvalue weighted by atomic mass is 9.94. The first-order valence-electron chi connectivity index (χ1n) is 17.6. The molecular formula is C37H50FN5O5. The first-order chi connectivity index (χ1) is 23.2. The fourth-order valence-electron chi connectivity index (χ4n) is 8.77. The number of aryl methyl sites for hydroxylation is 1. The number of methoxy groups -OCH3 is 2. The van der Waals surface area contributed by atoms with E-state index in [-0.39, 0.29) is 18.1 Å². The minimum atomic E-state index is -0.788. The number of fused-ring (bicyclic) bond motifs is 3. The van der Waals surface area contributed by atoms with Gasteiger partial charge in [-0.3, -0.25) is 4.90 Å². The van der Waals surface area contributed by atoms with Crippen molar-refractivity contribution in [2.75, 3.05) is 70.2 Å². The summed E-state index contributed by atoms with van der Waals surface area (Å²) in [4.78, 5) is 17.2. The first-order valence-corrected chi connectivity index (χ1v) is 17.6. The molecule has 4 aliphatic heterocycles. The van der Waals surface area contributed by atoms with E-state index in [1.807, 2.05) is 32.0 Å². The summed E-state index contributed by atoms with van der Waals surface area (Å²) in [6.07, 6.45) is 7.36. The average molecular weight is 664 g/mol. The van der Waals surface area contributed by atoms with Crippen LogP contribution >= 0.6 is 0 Å². The molecule has 7 rings (SSSR count). The molecule has 260 valence electrons. The molecule has 5 heterocycles. The zero-order chi connectivity index (χ0) is 33.5. The summed E-state index contributed by atoms with van der Waals surface area (Å²) in [5, 5.41) is 12.9. The van der Waals surface area contributed by atoms with E-state index in [2.05, 4.69) is 14.7 Å². The highest BCUT2D eigenvalue weighted by Crippen LogP contribution is 2.44. The highest BCUT2D eigenvalue weighted by Gasteiger charge is 2.50. The molecule has 4 aliphatic rings. The molecule has 0 saturated carbocycles. The molecular weight excluding hydrogens is 613 g/mol. The van der Waals surface area contributed by atoms with E-state index in [9.17, 15) is 5.11 Å². The van der Waals surface area contributed by atoms with E-state index in [0.717, 1.165) is 91.8 Å². The first kappa shape index (κ1) is 33.3. The Balaban J connectivity index is 1.25. The van der Waals surface area contributed by atoms with Crippen molar-refractivity contribution < 1.29 is 28.4 Å². The van der Waals surface area contributed by atoms with Crippen molar-refractivity contribution in [3.05, 3.63) is 46.9 Å². The van der Waals surface area contributed by atoms with Crippen LogP contribution in [0.5, 0.6) is 11.8 Å². The van der Waals surface area contributed by atoms with Crippen molar-refractivity contribution in [2.45, 2.75) is 88.9 Å². The standard InChI is InChI=1S/C37H50FN5O5/c1-5-28-30(38)9-8-25-18-27(48-24-46-4)19-32(33(25)28)41-17-11-29-31(20-41)39-35(40-34(29)42-15-6-12-36(2,44)22-42)47-23-37-13-7-16-43(37)26(10-14-37)21-45-3/h8-9,18-19,26,44H,5-7,10-17,20-24H2,1-4H3/t26-,36?,37+/m0/s1. The number of ether oxygens (including phenoxy) is 4. The Hall–Kier alpha value is -3.25. The number of benzene rings is 2. The summed E-state index contributed by atoms with van der Waals surface area (Å²) >= 11 is 0. The number of halogens is 1. The van der Waals surface area contributed by atoms with Gasteiger partial charge in [-0.1, -0.05) is 13.0 Å². The highest BCUT2D eigenvalue weighted by atomic mass is 19.1. The zero-order valence-corrected chi connectivity index (χ0v) is 28.9. The molecule has 48 heavy (non-hydrogen) atoms. The van der Waals surface area contributed by atoms with Gasteiger partial charge in [0.25, 0.3) is 0 Å². The third kappa shape index (κ3) is 6.30. The van der Waals surface area contributed by atoms with Gasteiger partial charge in [-0.25, -0.2) is 4.39 Å². The molecule has 0 radical (unpaired) electrons. The van der Waals surface area contributed by atoms with Crippen LogP contribution in [0.2, 0.25) is 0 Å². The van der Waals surface area contributed by atoms with Crippen LogP contribution in [0, 0.1) is 5.82 Å². The Labute approximate surface area is 283 Å². The highest BCUT2D eigenvalue weighted by molar-refractivity contribution is 5.98. The van der Waals surface area contributed by atoms with E-state index in [0.29, 0.717) is 62.4 Å². The number of anilines is 2. The maximum Gasteiger partial charge on any atom is 0.318 e. The minimum Gasteiger partial charge on any atom is -0.467 e. The van der Waals surface area contributed by atoms with Gasteiger partial charge in [-0.15, -0.1) is 0 Å². The number of hydrogen-bond donors (Lipinski definition) is 1. The third-order valence-corrected chi connectivity index (χ3v) is 11.0. The van der Waals surface area contributed by atoms with Gasteiger partial charge in [-0.05, 0) is 87.9 Å². The van der Waals surface area contributed by atoms with Crippen LogP contribution in [0.1, 0.15) is 69.2 Å². The van der Waals surface area contributed by atoms with Crippen LogP contribution < -0.4 is 19.3 Å². The molecule has 3 aromatic rings. The lowest BCUT2D eigenvalue weighted by Gasteiger charge is -2.40. The van der Waals surface area contributed by atoms with E-state index < -0.39 is 5.60 Å². The third-order valence-electron chi connectivity index (χ3n) is 11.0. The van der Waals surface area contributed by atoms with Crippen molar-refractivity contribution in [1.29, 1.82) is 0 Å². The van der Waals surface area contributed by atoms with Crippen LogP contribution in [-0.4, -0.2) is 97.6 Å². The maximum atomic E-state index is 15.2. The molecule has 1 unspecified atom stereocenters. The van der Waals surface area contributed by atoms with Gasteiger partial charge < -0.3 is 33.9 Å². The fourth-order valence-corrected chi connectivity index (χ4v) is 8.77. The molecule has 1 aromatic heterocycles. The summed E-state index contributed by atoms with van der Waals surface area (Å²) in [5.41, 5.74) is 2.80. The Morgan fingerprint density at radius 3 is 2.65 bits per heavy atom. The minimum absolute atomic E-state index is 0.0222. The fraction of sp³-hybridized carbons (Fsp3) is 0.622. The summed E-state index contributed by atoms with van der Waals surface area (Å²) in [6.45, 7) is 8.91. The molecule has 3 fully saturated rings. The SMILES string of the molecule is CCc1c(F)ccc2cc(OCOC)cc(N3CCc4c(nc(OC[C@]56CCCN5[C@H](COC)CC6)nc4N4CCCC(C)(O)C4)C3)c12. The molecule has 0 aliphatic carbocycles. The molecule has 10 nitrogen and oxygen atoms in total. The molecule has 0 spiro atoms. The number of hydrogen-bond acceptors (Lipinski definition) is 10. The van der Waals surface area contributed by atoms with Crippen molar-refractivity contribution in [3.63, 3.8) is 0 Å². The molecule has 3 atom stereocenters. The molecule has 0 bridgehead atoms. The second-order valence-corrected chi connectivity index (χ2v) is 14.4. The largest absolute Gasteiger partial charge is 0.467 e. The Kier molecular flexibility index (Phi) is 9.40. The average Bonchev–Trinajstić information content (AvgIpc) is 3.65. The van der Waals surface area contributed by atoms with E-state index in [1.54, 1.807) is 20.3 Å². The van der Waals surface area contributed by atoms with Gasteiger partial charge in [0.05, 0.1) is 30.0 Å². The normalized spacial score (nSPS) is 25.8. The number of nitrogens with zero attached hydrogens (tertiary/aromatic N) is 5. The Morgan fingerprint density at radius 2 is 1.85 bits per heavy atom. The predicted molar refractivity (Wildman–Crippen MR) is 184 cm³/mol. The van der Waals surface area contributed by atoms with Gasteiger partial charge in [-0.2, -0.15) is 9.97 Å². The molecule has 1 N–H and O–H groups in total. The van der Waals surface area contributed by atoms with Crippen LogP contribution in [0.3, 0.4) is 0 Å². The van der Waals surface area contributed by atoms with Crippen LogP contribution in [0.25, 0.3) is 10.8 Å². The van der Waals surface area contributed by atoms with Crippen LogP contribution in [0.4, 0.5) is 15.9 Å². The number of aromatic nitrogens is 2. The van der Waals surface area contributed by atoms with Crippen molar-refractivity contribution in [1.82, 2.24) is 14.9 Å². The van der Waals surface area contributed by atoms with Gasteiger partial charge >= 0.3 is 6.01 Å². The Morgan fingerprint density at radius 1 is 1.00 bits per heavy atom. The quantitative estimate of drug-likeness (QED) is 0.275. The van der Waals surface area contributed by atoms with E-state index in [4.69, 9.17) is 28.9 Å². The van der Waals surface area contributed by atoms with Gasteiger partial charge in [0.15, 0.2) is 6.79 Å². The summed E-state index contributed by atoms with van der Waals surface area (Å²) in [5.74, 6) is 1.33. The molecule has 3 saturated heterocycles. The van der Waals surface area contributed by atoms with Crippen molar-refractivity contribution in [3.8, 4) is 11.8 Å². The maximum absolute atomic E-state index is 15.2. The molecule has 0 amide bonds. The topological polar surface area (TPSA) is 92.7 Å². The van der Waals surface area contributed by atoms with Crippen LogP contribution in [0.15, 0.2) is 24.3 Å². The van der Waals surface area contributed by atoms with E-state index in [1.165, 1.54) is 0 Å². The number of β-amino-alcohol motifs (C(OH)–C–C–N with tert-alkyl or cyclic N) is 1. The molecule has 11 heteroatoms. The lowest BCUT2D eigenvalue weighted by Crippen LogP contribution is -2.48. The second kappa shape index (κ2) is 13.6. The number of piperidine rings is 1. The summed E-state index contributed by atoms with van der Waals surface area (Å²) < 4.78 is 38.5. The summed E-state index contributed by atoms with van der Waals surface area (Å²) in [6, 6.07) is 8.12. The number of aliphatic hydroxyl groups is 1. The van der Waals surface area contributed by atoms with Gasteiger partial charge in [0.1, 0.15) is 24.0 Å². The van der Waals surface area contributed by atoms with Crippen molar-refractivity contribution >= 4 is 22.3 Å². The second-order valence-electron chi connectivity index (χ2n) is 14.4. The zero-order valence-electron chi connectivity index (χ0n) is 28.9.